The number of halogens is 4. The van der Waals surface area contributed by atoms with E-state index in [1.54, 1.807) is 30.4 Å². The standard InChI is InChI=1S/C90H80F4N2O3/c1-3-57-13-41-73(42-14-57)97-75-45-21-61(22-46-75)89(59-17-25-63(91)26-18-59)83-11-7-5-9-77(83)79-49-37-71(55-85(79)89)95(67-33-29-65(93)30-34-67)69-39-51-87-81(53-69)82-54-70(40-52-88(82)99-87)96(68-35-31-66(94)32-36-68)72-38-50-80-78-10-6-8-12-84(78)90(86(80)56-72,60-19-27-64(92)28-20-60)62-23-47-76(48-24-62)98-74-43-15-58(4-2)16-44-74/h3-7,9-11,13-17,19-21,23,25-27,29,31,33,35,37-45,47,49-56,59,64,77-78,80-81,83-84,86-87H,1-2,8,12,18,22,24,28,30,32,34,36,46,48H2. The molecule has 99 heavy (non-hydrogen) atoms. The zero-order valence-electron chi connectivity index (χ0n) is 55.6. The van der Waals surface area contributed by atoms with Gasteiger partial charge in [-0.25, -0.2) is 17.6 Å². The van der Waals surface area contributed by atoms with E-state index in [0.717, 1.165) is 112 Å². The van der Waals surface area contributed by atoms with Crippen LogP contribution >= 0.6 is 0 Å². The molecule has 0 spiro atoms. The molecule has 0 bridgehead atoms. The van der Waals surface area contributed by atoms with Crippen LogP contribution in [0.4, 0.5) is 28.9 Å². The van der Waals surface area contributed by atoms with Gasteiger partial charge in [0.1, 0.15) is 58.5 Å². The molecule has 12 unspecified atom stereocenters. The Morgan fingerprint density at radius 1 is 0.525 bits per heavy atom. The van der Waals surface area contributed by atoms with Gasteiger partial charge >= 0.3 is 0 Å². The van der Waals surface area contributed by atoms with Crippen LogP contribution in [-0.4, -0.2) is 12.3 Å². The van der Waals surface area contributed by atoms with Gasteiger partial charge in [0.05, 0.1) is 0 Å². The van der Waals surface area contributed by atoms with Crippen molar-refractivity contribution in [3.63, 3.8) is 0 Å². The smallest absolute Gasteiger partial charge is 0.128 e. The fraction of sp³-hybridized carbons (Fsp3) is 0.267. The number of benzene rings is 4. The molecule has 1 aliphatic heterocycles. The van der Waals surface area contributed by atoms with Crippen LogP contribution in [0.1, 0.15) is 117 Å². The molecule has 0 amide bonds. The van der Waals surface area contributed by atoms with Crippen LogP contribution in [0.3, 0.4) is 0 Å². The Hall–Kier alpha value is -9.86. The highest BCUT2D eigenvalue weighted by atomic mass is 19.1. The summed E-state index contributed by atoms with van der Waals surface area (Å²) < 4.78 is 81.3. The Labute approximate surface area is 579 Å². The third kappa shape index (κ3) is 11.0. The average Bonchev–Trinajstić information content (AvgIpc) is 1.56. The minimum absolute atomic E-state index is 0.00472. The summed E-state index contributed by atoms with van der Waals surface area (Å²) in [6, 6.07) is 29.5. The van der Waals surface area contributed by atoms with Gasteiger partial charge in [-0.05, 0) is 230 Å². The first-order valence-electron chi connectivity index (χ1n) is 35.7. The number of rotatable bonds is 16. The zero-order valence-corrected chi connectivity index (χ0v) is 55.6. The van der Waals surface area contributed by atoms with Gasteiger partial charge in [0.2, 0.25) is 0 Å². The Balaban J connectivity index is 0.757. The van der Waals surface area contributed by atoms with Crippen LogP contribution in [-0.2, 0) is 5.41 Å². The summed E-state index contributed by atoms with van der Waals surface area (Å²) in [6.07, 6.45) is 65.2. The number of ether oxygens (including phenoxy) is 3. The molecule has 1 saturated carbocycles. The second-order valence-corrected chi connectivity index (χ2v) is 28.5. The molecule has 0 saturated heterocycles. The van der Waals surface area contributed by atoms with Gasteiger partial charge in [0, 0.05) is 100 Å². The highest BCUT2D eigenvalue weighted by molar-refractivity contribution is 5.72. The van der Waals surface area contributed by atoms with Gasteiger partial charge in [-0.1, -0.05) is 152 Å². The van der Waals surface area contributed by atoms with Crippen molar-refractivity contribution < 1.29 is 31.8 Å². The molecule has 4 aromatic carbocycles. The molecule has 4 aromatic rings. The molecule has 0 aromatic heterocycles. The quantitative estimate of drug-likeness (QED) is 0.0825. The maximum Gasteiger partial charge on any atom is 0.128 e. The van der Waals surface area contributed by atoms with Crippen LogP contribution < -0.4 is 24.0 Å². The van der Waals surface area contributed by atoms with E-state index in [2.05, 4.69) is 175 Å². The molecule has 5 nitrogen and oxygen atoms in total. The molecule has 496 valence electrons. The van der Waals surface area contributed by atoms with Gasteiger partial charge in [0.15, 0.2) is 0 Å². The second kappa shape index (κ2) is 25.8. The van der Waals surface area contributed by atoms with Crippen molar-refractivity contribution in [1.29, 1.82) is 0 Å². The third-order valence-corrected chi connectivity index (χ3v) is 23.5. The largest absolute Gasteiger partial charge is 0.485 e. The summed E-state index contributed by atoms with van der Waals surface area (Å²) in [7, 11) is 0. The summed E-state index contributed by atoms with van der Waals surface area (Å²) >= 11 is 0. The first-order chi connectivity index (χ1) is 48.5. The van der Waals surface area contributed by atoms with Crippen molar-refractivity contribution in [3.8, 4) is 17.2 Å². The van der Waals surface area contributed by atoms with E-state index in [0.29, 0.717) is 32.1 Å². The van der Waals surface area contributed by atoms with E-state index in [1.165, 1.54) is 27.8 Å². The van der Waals surface area contributed by atoms with Crippen LogP contribution in [0.15, 0.2) is 325 Å². The molecule has 1 fully saturated rings. The fourth-order valence-corrected chi connectivity index (χ4v) is 19.1. The molecule has 12 atom stereocenters. The summed E-state index contributed by atoms with van der Waals surface area (Å²) in [5.41, 5.74) is 14.2. The van der Waals surface area contributed by atoms with Crippen LogP contribution in [0.2, 0.25) is 0 Å². The highest BCUT2D eigenvalue weighted by Gasteiger charge is 2.62. The van der Waals surface area contributed by atoms with Gasteiger partial charge in [-0.2, -0.15) is 0 Å². The van der Waals surface area contributed by atoms with Crippen molar-refractivity contribution in [3.05, 3.63) is 352 Å². The Morgan fingerprint density at radius 3 is 1.81 bits per heavy atom. The first kappa shape index (κ1) is 62.6. The van der Waals surface area contributed by atoms with E-state index in [9.17, 15) is 0 Å². The summed E-state index contributed by atoms with van der Waals surface area (Å²) in [6.45, 7) is 7.85. The van der Waals surface area contributed by atoms with Crippen molar-refractivity contribution in [2.24, 2.45) is 40.9 Å². The maximum absolute atomic E-state index is 15.4. The third-order valence-electron chi connectivity index (χ3n) is 23.5. The minimum Gasteiger partial charge on any atom is -0.485 e. The van der Waals surface area contributed by atoms with Gasteiger partial charge in [-0.3, -0.25) is 0 Å². The number of nitrogens with zero attached hydrogens (tertiary/aromatic N) is 2. The summed E-state index contributed by atoms with van der Waals surface area (Å²) in [5, 5.41) is 0. The van der Waals surface area contributed by atoms with E-state index in [4.69, 9.17) is 14.2 Å². The molecule has 0 radical (unpaired) electrons. The van der Waals surface area contributed by atoms with E-state index >= 15 is 17.6 Å². The SMILES string of the molecule is C=Cc1ccc(OC2=CC=C(C3(C4=CCC(F)C=C4)C4C=C(N(C5=CC=C(F)CC5)c5ccc6c(c5)C5C=C(N(C7=CC=C(F)CC7)c7ccc8c(c7)C(C7=CC=C(Oc9ccc(C=C)cc9)CC7)(C7C=CC(F)=CC7)C7C=CC=CC87)C=CC5O6)C=CC4C4C=CCCC43)CC2)cc1. The number of hydrogen-bond acceptors (Lipinski definition) is 5. The van der Waals surface area contributed by atoms with E-state index in [1.807, 2.05) is 72.8 Å². The first-order valence-corrected chi connectivity index (χ1v) is 35.7. The monoisotopic (exact) mass is 1310 g/mol. The van der Waals surface area contributed by atoms with Crippen LogP contribution in [0.5, 0.6) is 17.2 Å². The van der Waals surface area contributed by atoms with E-state index in [-0.39, 0.29) is 83.8 Å². The van der Waals surface area contributed by atoms with Crippen LogP contribution in [0.25, 0.3) is 12.2 Å². The van der Waals surface area contributed by atoms with Gasteiger partial charge < -0.3 is 24.0 Å². The van der Waals surface area contributed by atoms with Gasteiger partial charge in [-0.15, -0.1) is 0 Å². The Morgan fingerprint density at radius 2 is 1.18 bits per heavy atom. The topological polar surface area (TPSA) is 34.2 Å². The van der Waals surface area contributed by atoms with Crippen molar-refractivity contribution >= 4 is 23.5 Å². The predicted octanol–water partition coefficient (Wildman–Crippen LogP) is 23.0. The molecule has 9 heteroatoms. The number of allylic oxidation sites excluding steroid dienone is 34. The normalized spacial score (nSPS) is 30.2. The number of fused-ring (bicyclic) bond motifs is 9. The summed E-state index contributed by atoms with van der Waals surface area (Å²) in [4.78, 5) is 4.69. The lowest BCUT2D eigenvalue weighted by Gasteiger charge is -2.47. The molecular formula is C90H80F4N2O3. The molecule has 0 N–H and O–H groups in total. The lowest BCUT2D eigenvalue weighted by atomic mass is 9.57. The Kier molecular flexibility index (Phi) is 16.3. The van der Waals surface area contributed by atoms with Crippen molar-refractivity contribution in [1.82, 2.24) is 0 Å². The zero-order chi connectivity index (χ0) is 66.9. The molecule has 12 aliphatic carbocycles. The minimum atomic E-state index is -1.04. The lowest BCUT2D eigenvalue weighted by molar-refractivity contribution is 0.224. The lowest BCUT2D eigenvalue weighted by Crippen LogP contribution is -2.42. The van der Waals surface area contributed by atoms with Gasteiger partial charge in [0.25, 0.3) is 0 Å². The highest BCUT2D eigenvalue weighted by Crippen LogP contribution is 2.69. The number of anilines is 2. The van der Waals surface area contributed by atoms with E-state index < -0.39 is 17.0 Å². The second-order valence-electron chi connectivity index (χ2n) is 28.5. The Bertz CT molecular complexity index is 4650. The average molecular weight is 1310 g/mol. The fourth-order valence-electron chi connectivity index (χ4n) is 19.1. The summed E-state index contributed by atoms with van der Waals surface area (Å²) in [5.74, 6) is 4.22. The molecule has 17 rings (SSSR count). The van der Waals surface area contributed by atoms with Crippen molar-refractivity contribution in [2.75, 3.05) is 9.80 Å². The molecule has 13 aliphatic rings. The van der Waals surface area contributed by atoms with Crippen molar-refractivity contribution in [2.45, 2.75) is 107 Å². The molecular weight excluding hydrogens is 1230 g/mol. The molecule has 1 heterocycles. The maximum atomic E-state index is 15.4. The predicted molar refractivity (Wildman–Crippen MR) is 392 cm³/mol. The number of hydrogen-bond donors (Lipinski definition) is 0. The number of alkyl halides is 1. The van der Waals surface area contributed by atoms with Crippen LogP contribution in [0, 0.1) is 40.9 Å².